The zero-order valence-electron chi connectivity index (χ0n) is 16.2. The number of aromatic nitrogens is 2. The third-order valence-corrected chi connectivity index (χ3v) is 4.81. The normalized spacial score (nSPS) is 11.1. The van der Waals surface area contributed by atoms with Crippen LogP contribution in [0, 0.1) is 0 Å². The van der Waals surface area contributed by atoms with Gasteiger partial charge in [0.2, 0.25) is 0 Å². The second-order valence-electron chi connectivity index (χ2n) is 6.03. The molecule has 0 radical (unpaired) electrons. The van der Waals surface area contributed by atoms with Crippen molar-refractivity contribution in [2.45, 2.75) is 6.92 Å². The molecule has 0 unspecified atom stereocenters. The third-order valence-electron chi connectivity index (χ3n) is 4.00. The number of thiazole rings is 1. The van der Waals surface area contributed by atoms with Gasteiger partial charge in [0.05, 0.1) is 15.7 Å². The molecule has 0 saturated carbocycles. The van der Waals surface area contributed by atoms with E-state index < -0.39 is 0 Å². The summed E-state index contributed by atoms with van der Waals surface area (Å²) in [5.41, 5.74) is 4.72. The summed E-state index contributed by atoms with van der Waals surface area (Å²) < 4.78 is 6.27. The Kier molecular flexibility index (Phi) is 7.49. The number of para-hydroxylation sites is 3. The first-order valence-electron chi connectivity index (χ1n) is 9.21. The Hall–Kier alpha value is -3.50. The molecule has 0 atom stereocenters. The quantitative estimate of drug-likeness (QED) is 0.370. The molecule has 0 aliphatic heterocycles. The first-order valence-corrected chi connectivity index (χ1v) is 10.1. The second kappa shape index (κ2) is 10.7. The van der Waals surface area contributed by atoms with Crippen LogP contribution in [-0.4, -0.2) is 9.97 Å². The predicted octanol–water partition coefficient (Wildman–Crippen LogP) is 5.58. The Labute approximate surface area is 174 Å². The number of allylic oxidation sites excluding steroid dienone is 2. The van der Waals surface area contributed by atoms with Crippen molar-refractivity contribution in [1.29, 1.82) is 0 Å². The zero-order valence-corrected chi connectivity index (χ0v) is 17.0. The van der Waals surface area contributed by atoms with E-state index in [-0.39, 0.29) is 0 Å². The highest BCUT2D eigenvalue weighted by atomic mass is 32.1. The topological polar surface area (TPSA) is 38.9 Å². The van der Waals surface area contributed by atoms with Gasteiger partial charge in [-0.05, 0) is 41.6 Å². The predicted molar refractivity (Wildman–Crippen MR) is 124 cm³/mol. The van der Waals surface area contributed by atoms with E-state index in [1.54, 1.807) is 11.3 Å². The number of rotatable bonds is 1. The highest BCUT2D eigenvalue weighted by Gasteiger charge is 1.91. The van der Waals surface area contributed by atoms with E-state index in [1.165, 1.54) is 16.3 Å². The van der Waals surface area contributed by atoms with Gasteiger partial charge in [-0.3, -0.25) is 0 Å². The number of hydrogen-bond donors (Lipinski definition) is 0. The minimum Gasteiger partial charge on any atom is -0.443 e. The van der Waals surface area contributed by atoms with Crippen molar-refractivity contribution in [2.24, 2.45) is 0 Å². The van der Waals surface area contributed by atoms with Crippen LogP contribution in [0.5, 0.6) is 0 Å². The van der Waals surface area contributed by atoms with Crippen molar-refractivity contribution in [2.75, 3.05) is 0 Å². The van der Waals surface area contributed by atoms with Gasteiger partial charge in [-0.25, -0.2) is 9.97 Å². The van der Waals surface area contributed by atoms with Crippen LogP contribution in [0.4, 0.5) is 0 Å². The highest BCUT2D eigenvalue weighted by molar-refractivity contribution is 7.16. The Bertz CT molecular complexity index is 1170. The molecule has 3 nitrogen and oxygen atoms in total. The summed E-state index contributed by atoms with van der Waals surface area (Å²) >= 11 is 1.68. The van der Waals surface area contributed by atoms with E-state index in [0.29, 0.717) is 0 Å². The lowest BCUT2D eigenvalue weighted by atomic mass is 10.2. The van der Waals surface area contributed by atoms with Crippen molar-refractivity contribution in [3.8, 4) is 0 Å². The Morgan fingerprint density at radius 3 is 2.34 bits per heavy atom. The highest BCUT2D eigenvalue weighted by Crippen LogP contribution is 2.15. The fourth-order valence-electron chi connectivity index (χ4n) is 2.50. The van der Waals surface area contributed by atoms with E-state index in [1.807, 2.05) is 85.2 Å². The third kappa shape index (κ3) is 5.99. The molecule has 4 heteroatoms. The fraction of sp³-hybridized carbons (Fsp3) is 0.0400. The van der Waals surface area contributed by atoms with Gasteiger partial charge in [-0.2, -0.15) is 0 Å². The lowest BCUT2D eigenvalue weighted by molar-refractivity contribution is 0.602. The summed E-state index contributed by atoms with van der Waals surface area (Å²) in [7, 11) is 0. The molecule has 144 valence electrons. The van der Waals surface area contributed by atoms with E-state index in [4.69, 9.17) is 4.42 Å². The van der Waals surface area contributed by atoms with Crippen molar-refractivity contribution >= 4 is 45.3 Å². The van der Waals surface area contributed by atoms with Gasteiger partial charge < -0.3 is 4.42 Å². The maximum absolute atomic E-state index is 5.01. The molecule has 0 bridgehead atoms. The molecule has 5 rings (SSSR count). The van der Waals surface area contributed by atoms with Crippen LogP contribution in [0.15, 0.2) is 101 Å². The fourth-order valence-corrected chi connectivity index (χ4v) is 3.18. The van der Waals surface area contributed by atoms with Crippen LogP contribution in [0.25, 0.3) is 34.0 Å². The minimum atomic E-state index is 0.845. The molecule has 2 aromatic heterocycles. The standard InChI is InChI=1S/C11H12.C7H5NO.C7H5NS/c1-3-4-8-11-9-6-5-7-10(11)2;2*1-2-4-7-6(3-1)8-5-9-7/h3-9H,2H2,1H3;2*1-5H/b4-3-,11-8-;;. The molecular formula is C25H22N2OS. The van der Waals surface area contributed by atoms with E-state index in [0.717, 1.165) is 21.8 Å². The maximum atomic E-state index is 5.01. The van der Waals surface area contributed by atoms with Crippen LogP contribution < -0.4 is 10.4 Å². The molecule has 0 spiro atoms. The molecule has 3 aromatic carbocycles. The molecule has 0 N–H and O–H groups in total. The first-order chi connectivity index (χ1) is 14.3. The molecular weight excluding hydrogens is 376 g/mol. The Morgan fingerprint density at radius 2 is 1.59 bits per heavy atom. The second-order valence-corrected chi connectivity index (χ2v) is 6.92. The molecule has 0 fully saturated rings. The summed E-state index contributed by atoms with van der Waals surface area (Å²) in [6.07, 6.45) is 7.53. The van der Waals surface area contributed by atoms with E-state index in [9.17, 15) is 0 Å². The van der Waals surface area contributed by atoms with Crippen LogP contribution in [-0.2, 0) is 0 Å². The van der Waals surface area contributed by atoms with Gasteiger partial charge in [0.15, 0.2) is 12.0 Å². The van der Waals surface area contributed by atoms with Crippen LogP contribution in [0.2, 0.25) is 0 Å². The van der Waals surface area contributed by atoms with Crippen molar-refractivity contribution in [3.05, 3.63) is 107 Å². The molecule has 0 aliphatic rings. The largest absolute Gasteiger partial charge is 0.443 e. The van der Waals surface area contributed by atoms with Gasteiger partial charge in [-0.15, -0.1) is 11.3 Å². The Balaban J connectivity index is 0.000000125. The summed E-state index contributed by atoms with van der Waals surface area (Å²) in [5.74, 6) is 0. The summed E-state index contributed by atoms with van der Waals surface area (Å²) in [5, 5.41) is 2.26. The number of oxazole rings is 1. The Morgan fingerprint density at radius 1 is 0.862 bits per heavy atom. The number of benzene rings is 3. The van der Waals surface area contributed by atoms with Gasteiger partial charge in [0, 0.05) is 0 Å². The van der Waals surface area contributed by atoms with Crippen molar-refractivity contribution in [1.82, 2.24) is 9.97 Å². The summed E-state index contributed by atoms with van der Waals surface area (Å²) in [6.45, 7) is 5.91. The first kappa shape index (κ1) is 20.2. The average Bonchev–Trinajstić information content (AvgIpc) is 3.43. The SMILES string of the molecule is C=c1cccc/c1=C/C=C\C.c1ccc2ocnc2c1.c1ccc2scnc2c1. The number of fused-ring (bicyclic) bond motifs is 2. The summed E-state index contributed by atoms with van der Waals surface area (Å²) in [4.78, 5) is 8.09. The minimum absolute atomic E-state index is 0.845. The maximum Gasteiger partial charge on any atom is 0.181 e. The molecule has 0 amide bonds. The lowest BCUT2D eigenvalue weighted by Gasteiger charge is -1.84. The molecule has 0 saturated heterocycles. The van der Waals surface area contributed by atoms with Gasteiger partial charge in [-0.1, -0.05) is 73.3 Å². The van der Waals surface area contributed by atoms with Crippen LogP contribution >= 0.6 is 11.3 Å². The molecule has 5 aromatic rings. The number of hydrogen-bond acceptors (Lipinski definition) is 4. The smallest absolute Gasteiger partial charge is 0.181 e. The monoisotopic (exact) mass is 398 g/mol. The molecule has 29 heavy (non-hydrogen) atoms. The average molecular weight is 399 g/mol. The molecule has 0 aliphatic carbocycles. The van der Waals surface area contributed by atoms with Crippen LogP contribution in [0.1, 0.15) is 6.92 Å². The zero-order chi connectivity index (χ0) is 20.3. The van der Waals surface area contributed by atoms with E-state index >= 15 is 0 Å². The van der Waals surface area contributed by atoms with Crippen molar-refractivity contribution in [3.63, 3.8) is 0 Å². The van der Waals surface area contributed by atoms with Crippen molar-refractivity contribution < 1.29 is 4.42 Å². The van der Waals surface area contributed by atoms with Gasteiger partial charge in [0.1, 0.15) is 5.52 Å². The van der Waals surface area contributed by atoms with Gasteiger partial charge in [0.25, 0.3) is 0 Å². The number of nitrogens with zero attached hydrogens (tertiary/aromatic N) is 2. The van der Waals surface area contributed by atoms with E-state index in [2.05, 4.69) is 34.8 Å². The van der Waals surface area contributed by atoms with Crippen LogP contribution in [0.3, 0.4) is 0 Å². The molecule has 2 heterocycles. The summed E-state index contributed by atoms with van der Waals surface area (Å²) in [6, 6.07) is 23.9. The van der Waals surface area contributed by atoms with Gasteiger partial charge >= 0.3 is 0 Å². The lowest BCUT2D eigenvalue weighted by Crippen LogP contribution is -2.21.